The number of nitrogens with zero attached hydrogens (tertiary/aromatic N) is 5. The lowest BCUT2D eigenvalue weighted by Crippen LogP contribution is -2.40. The molecule has 3 heterocycles. The highest BCUT2D eigenvalue weighted by Gasteiger charge is 2.27. The third kappa shape index (κ3) is 3.09. The first-order valence-electron chi connectivity index (χ1n) is 10.3. The molecule has 0 amide bonds. The van der Waals surface area contributed by atoms with Crippen LogP contribution >= 0.6 is 0 Å². The van der Waals surface area contributed by atoms with Gasteiger partial charge < -0.3 is 9.47 Å². The van der Waals surface area contributed by atoms with Crippen molar-refractivity contribution in [1.29, 1.82) is 0 Å². The monoisotopic (exact) mass is 395 g/mol. The Bertz CT molecular complexity index is 1200. The van der Waals surface area contributed by atoms with Gasteiger partial charge in [0.05, 0.1) is 0 Å². The number of hydrogen-bond acceptors (Lipinski definition) is 4. The molecule has 7 heteroatoms. The maximum Gasteiger partial charge on any atom is 0.332 e. The molecule has 0 saturated heterocycles. The van der Waals surface area contributed by atoms with Crippen molar-refractivity contribution in [2.75, 3.05) is 11.4 Å². The lowest BCUT2D eigenvalue weighted by atomic mass is 10.1. The van der Waals surface area contributed by atoms with Crippen molar-refractivity contribution >= 4 is 22.8 Å². The van der Waals surface area contributed by atoms with Crippen molar-refractivity contribution < 1.29 is 0 Å². The summed E-state index contributed by atoms with van der Waals surface area (Å²) in [6.07, 6.45) is 1.70. The molecule has 7 nitrogen and oxygen atoms in total. The normalized spacial score (nSPS) is 14.1. The molecule has 0 bridgehead atoms. The summed E-state index contributed by atoms with van der Waals surface area (Å²) in [5.74, 6) is 1.16. The average Bonchev–Trinajstić information content (AvgIpc) is 3.08. The fourth-order valence-electron chi connectivity index (χ4n) is 4.11. The van der Waals surface area contributed by atoms with Gasteiger partial charge in [0.2, 0.25) is 5.95 Å². The van der Waals surface area contributed by atoms with Crippen molar-refractivity contribution in [1.82, 2.24) is 18.7 Å². The Balaban J connectivity index is 1.94. The van der Waals surface area contributed by atoms with E-state index in [-0.39, 0.29) is 11.2 Å². The maximum atomic E-state index is 13.3. The summed E-state index contributed by atoms with van der Waals surface area (Å²) in [5, 5.41) is 0. The van der Waals surface area contributed by atoms with E-state index in [4.69, 9.17) is 4.98 Å². The van der Waals surface area contributed by atoms with Crippen molar-refractivity contribution in [3.05, 3.63) is 50.2 Å². The van der Waals surface area contributed by atoms with E-state index in [1.165, 1.54) is 20.3 Å². The highest BCUT2D eigenvalue weighted by Crippen LogP contribution is 2.33. The molecule has 3 aromatic rings. The van der Waals surface area contributed by atoms with Crippen LogP contribution in [0.4, 0.5) is 11.6 Å². The van der Waals surface area contributed by atoms with Gasteiger partial charge >= 0.3 is 5.69 Å². The van der Waals surface area contributed by atoms with Gasteiger partial charge in [0.1, 0.15) is 0 Å². The number of benzene rings is 1. The van der Waals surface area contributed by atoms with E-state index in [1.54, 1.807) is 7.05 Å². The zero-order valence-corrected chi connectivity index (χ0v) is 17.9. The Morgan fingerprint density at radius 3 is 2.62 bits per heavy atom. The molecular formula is C22H29N5O2. The van der Waals surface area contributed by atoms with Crippen molar-refractivity contribution in [2.45, 2.75) is 53.6 Å². The first-order chi connectivity index (χ1) is 13.8. The summed E-state index contributed by atoms with van der Waals surface area (Å²) < 4.78 is 4.88. The summed E-state index contributed by atoms with van der Waals surface area (Å²) in [4.78, 5) is 33.1. The Kier molecular flexibility index (Phi) is 4.84. The van der Waals surface area contributed by atoms with Crippen molar-refractivity contribution in [3.8, 4) is 0 Å². The summed E-state index contributed by atoms with van der Waals surface area (Å²) in [6, 6.07) is 6.24. The van der Waals surface area contributed by atoms with Crippen LogP contribution in [0.1, 0.15) is 37.8 Å². The molecule has 1 aromatic carbocycles. The quantitative estimate of drug-likeness (QED) is 0.681. The molecular weight excluding hydrogens is 366 g/mol. The van der Waals surface area contributed by atoms with Crippen molar-refractivity contribution in [3.63, 3.8) is 0 Å². The van der Waals surface area contributed by atoms with Crippen molar-refractivity contribution in [2.24, 2.45) is 13.0 Å². The van der Waals surface area contributed by atoms with E-state index in [2.05, 4.69) is 44.7 Å². The van der Waals surface area contributed by atoms with Gasteiger partial charge in [-0.15, -0.1) is 0 Å². The number of anilines is 2. The standard InChI is InChI=1S/C22H29N5O2/c1-14(2)10-13-27-20(28)18-19(24(5)22(27)29)23-21-25(11-7-12-26(18)21)17-9-6-8-15(3)16(17)4/h6,8-9,14H,7,10-13H2,1-5H3. The SMILES string of the molecule is Cc1cccc(N2CCCn3c2nc2c3c(=O)n(CCC(C)C)c(=O)n2C)c1C. The average molecular weight is 396 g/mol. The van der Waals surface area contributed by atoms with E-state index >= 15 is 0 Å². The molecule has 0 N–H and O–H groups in total. The van der Waals surface area contributed by atoms with Crippen LogP contribution in [-0.2, 0) is 20.1 Å². The zero-order valence-electron chi connectivity index (χ0n) is 17.9. The third-order valence-electron chi connectivity index (χ3n) is 6.01. The molecule has 1 aliphatic rings. The van der Waals surface area contributed by atoms with E-state index in [0.717, 1.165) is 37.6 Å². The highest BCUT2D eigenvalue weighted by atomic mass is 16.2. The molecule has 29 heavy (non-hydrogen) atoms. The van der Waals surface area contributed by atoms with Gasteiger partial charge in [-0.3, -0.25) is 13.9 Å². The molecule has 0 spiro atoms. The topological polar surface area (TPSA) is 65.1 Å². The van der Waals surface area contributed by atoms with E-state index < -0.39 is 0 Å². The van der Waals surface area contributed by atoms with Crippen LogP contribution in [0, 0.1) is 19.8 Å². The molecule has 0 saturated carbocycles. The zero-order chi connectivity index (χ0) is 20.9. The lowest BCUT2D eigenvalue weighted by Gasteiger charge is -2.30. The van der Waals surface area contributed by atoms with Crippen LogP contribution in [0.2, 0.25) is 0 Å². The Labute approximate surface area is 170 Å². The Morgan fingerprint density at radius 1 is 1.14 bits per heavy atom. The van der Waals surface area contributed by atoms with Gasteiger partial charge in [-0.1, -0.05) is 26.0 Å². The fourth-order valence-corrected chi connectivity index (χ4v) is 4.11. The lowest BCUT2D eigenvalue weighted by molar-refractivity contribution is 0.487. The predicted molar refractivity (Wildman–Crippen MR) is 116 cm³/mol. The largest absolute Gasteiger partial charge is 0.332 e. The van der Waals surface area contributed by atoms with Gasteiger partial charge in [0.25, 0.3) is 5.56 Å². The smallest absolute Gasteiger partial charge is 0.312 e. The maximum absolute atomic E-state index is 13.3. The van der Waals surface area contributed by atoms with Gasteiger partial charge in [-0.2, -0.15) is 4.98 Å². The summed E-state index contributed by atoms with van der Waals surface area (Å²) in [5.41, 5.74) is 4.00. The number of aromatic nitrogens is 4. The van der Waals surface area contributed by atoms with Crippen LogP contribution in [0.3, 0.4) is 0 Å². The Morgan fingerprint density at radius 2 is 1.90 bits per heavy atom. The minimum absolute atomic E-state index is 0.231. The van der Waals surface area contributed by atoms with Crippen LogP contribution in [0.5, 0.6) is 0 Å². The third-order valence-corrected chi connectivity index (χ3v) is 6.01. The molecule has 2 aromatic heterocycles. The van der Waals surface area contributed by atoms with Crippen LogP contribution < -0.4 is 16.1 Å². The van der Waals surface area contributed by atoms with E-state index in [1.807, 2.05) is 10.6 Å². The Hall–Kier alpha value is -2.83. The van der Waals surface area contributed by atoms with Crippen LogP contribution in [0.25, 0.3) is 11.2 Å². The number of hydrogen-bond donors (Lipinski definition) is 0. The molecule has 1 aliphatic heterocycles. The molecule has 0 aliphatic carbocycles. The molecule has 0 unspecified atom stereocenters. The molecule has 154 valence electrons. The van der Waals surface area contributed by atoms with Crippen LogP contribution in [0.15, 0.2) is 27.8 Å². The van der Waals surface area contributed by atoms with E-state index in [0.29, 0.717) is 23.6 Å². The highest BCUT2D eigenvalue weighted by molar-refractivity contribution is 5.77. The first-order valence-corrected chi connectivity index (χ1v) is 10.3. The molecule has 4 rings (SSSR count). The minimum atomic E-state index is -0.295. The van der Waals surface area contributed by atoms with Gasteiger partial charge in [-0.25, -0.2) is 4.79 Å². The number of aryl methyl sites for hydroxylation is 3. The molecule has 0 atom stereocenters. The van der Waals surface area contributed by atoms with Gasteiger partial charge in [-0.05, 0) is 49.8 Å². The number of imidazole rings is 1. The minimum Gasteiger partial charge on any atom is -0.312 e. The summed E-state index contributed by atoms with van der Waals surface area (Å²) >= 11 is 0. The fraction of sp³-hybridized carbons (Fsp3) is 0.500. The van der Waals surface area contributed by atoms with E-state index in [9.17, 15) is 9.59 Å². The van der Waals surface area contributed by atoms with Gasteiger partial charge in [0, 0.05) is 32.4 Å². The molecule has 0 radical (unpaired) electrons. The number of fused-ring (bicyclic) bond motifs is 3. The predicted octanol–water partition coefficient (Wildman–Crippen LogP) is 3.10. The second kappa shape index (κ2) is 7.21. The number of rotatable bonds is 4. The summed E-state index contributed by atoms with van der Waals surface area (Å²) in [6.45, 7) is 10.4. The first kappa shape index (κ1) is 19.5. The second-order valence-electron chi connectivity index (χ2n) is 8.44. The summed E-state index contributed by atoms with van der Waals surface area (Å²) in [7, 11) is 1.71. The second-order valence-corrected chi connectivity index (χ2v) is 8.44. The van der Waals surface area contributed by atoms with Crippen LogP contribution in [-0.4, -0.2) is 25.2 Å². The molecule has 0 fully saturated rings. The van der Waals surface area contributed by atoms with Gasteiger partial charge in [0.15, 0.2) is 11.2 Å².